The highest BCUT2D eigenvalue weighted by molar-refractivity contribution is 5.77. The zero-order valence-electron chi connectivity index (χ0n) is 16.1. The van der Waals surface area contributed by atoms with Crippen molar-refractivity contribution >= 4 is 11.6 Å². The zero-order chi connectivity index (χ0) is 20.1. The maximum Gasteiger partial charge on any atom is 0.274 e. The minimum atomic E-state index is -0.508. The fourth-order valence-electron chi connectivity index (χ4n) is 4.28. The number of benzene rings is 1. The van der Waals surface area contributed by atoms with Crippen LogP contribution in [0.5, 0.6) is 5.75 Å². The Balaban J connectivity index is 1.76. The average molecular weight is 393 g/mol. The molecule has 9 nitrogen and oxygen atoms in total. The number of phenolic OH excluding ortho intramolecular Hbond substituents is 1. The quantitative estimate of drug-likeness (QED) is 0.557. The topological polar surface area (TPSA) is 114 Å². The van der Waals surface area contributed by atoms with Crippen LogP contribution < -0.4 is 5.32 Å². The summed E-state index contributed by atoms with van der Waals surface area (Å²) in [6, 6.07) is 3.98. The smallest absolute Gasteiger partial charge is 0.274 e. The summed E-state index contributed by atoms with van der Waals surface area (Å²) >= 11 is 0. The molecule has 0 bridgehead atoms. The van der Waals surface area contributed by atoms with Gasteiger partial charge in [0.2, 0.25) is 5.91 Å². The first-order valence-corrected chi connectivity index (χ1v) is 9.54. The molecule has 1 saturated heterocycles. The summed E-state index contributed by atoms with van der Waals surface area (Å²) in [6.45, 7) is 2.04. The molecule has 2 fully saturated rings. The number of ether oxygens (including phenoxy) is 2. The highest BCUT2D eigenvalue weighted by atomic mass is 16.6. The Morgan fingerprint density at radius 3 is 3.07 bits per heavy atom. The van der Waals surface area contributed by atoms with Crippen molar-refractivity contribution in [2.45, 2.75) is 43.9 Å². The van der Waals surface area contributed by atoms with Crippen LogP contribution in [0.15, 0.2) is 18.2 Å². The molecule has 1 spiro atoms. The van der Waals surface area contributed by atoms with Crippen molar-refractivity contribution in [3.8, 4) is 5.75 Å². The van der Waals surface area contributed by atoms with Gasteiger partial charge in [-0.3, -0.25) is 19.8 Å². The molecule has 0 radical (unpaired) electrons. The number of aromatic hydroxyl groups is 1. The molecule has 1 aromatic carbocycles. The van der Waals surface area contributed by atoms with Crippen molar-refractivity contribution in [2.75, 3.05) is 33.4 Å². The summed E-state index contributed by atoms with van der Waals surface area (Å²) in [6.07, 6.45) is 3.68. The highest BCUT2D eigenvalue weighted by Gasteiger charge is 2.46. The van der Waals surface area contributed by atoms with E-state index in [-0.39, 0.29) is 30.0 Å². The van der Waals surface area contributed by atoms with Crippen LogP contribution in [0.4, 0.5) is 5.69 Å². The van der Waals surface area contributed by atoms with E-state index in [1.807, 2.05) is 0 Å². The number of rotatable bonds is 6. The van der Waals surface area contributed by atoms with Crippen molar-refractivity contribution in [2.24, 2.45) is 0 Å². The van der Waals surface area contributed by atoms with Gasteiger partial charge in [-0.05, 0) is 25.0 Å². The Hall–Kier alpha value is -2.23. The van der Waals surface area contributed by atoms with Crippen LogP contribution in [0, 0.1) is 10.1 Å². The molecule has 1 saturated carbocycles. The summed E-state index contributed by atoms with van der Waals surface area (Å²) in [5.41, 5.74) is -0.0457. The van der Waals surface area contributed by atoms with Crippen LogP contribution in [0.1, 0.15) is 31.2 Å². The normalized spacial score (nSPS) is 25.5. The zero-order valence-corrected chi connectivity index (χ0v) is 16.1. The molecule has 1 aliphatic carbocycles. The lowest BCUT2D eigenvalue weighted by atomic mass is 9.78. The predicted octanol–water partition coefficient (Wildman–Crippen LogP) is 1.58. The Morgan fingerprint density at radius 2 is 2.32 bits per heavy atom. The molecular weight excluding hydrogens is 366 g/mol. The standard InChI is InChI=1S/C19H27N3O6/c1-27-12-18(24)20-17-4-2-3-7-19(17)13-21(8-9-28-19)11-14-10-15(23)5-6-16(14)22(25)26/h5-6,10,17,23H,2-4,7-9,11-13H2,1H3,(H,20,24)/t17-,19+/m0/s1. The Bertz CT molecular complexity index is 724. The fourth-order valence-corrected chi connectivity index (χ4v) is 4.28. The maximum absolute atomic E-state index is 12.1. The van der Waals surface area contributed by atoms with Crippen molar-refractivity contribution in [1.29, 1.82) is 0 Å². The summed E-state index contributed by atoms with van der Waals surface area (Å²) in [5, 5.41) is 24.1. The number of carbonyl (C=O) groups excluding carboxylic acids is 1. The van der Waals surface area contributed by atoms with Crippen LogP contribution in [-0.2, 0) is 20.8 Å². The Morgan fingerprint density at radius 1 is 1.50 bits per heavy atom. The van der Waals surface area contributed by atoms with E-state index in [1.54, 1.807) is 0 Å². The minimum Gasteiger partial charge on any atom is -0.508 e. The van der Waals surface area contributed by atoms with E-state index >= 15 is 0 Å². The monoisotopic (exact) mass is 393 g/mol. The number of phenols is 1. The minimum absolute atomic E-state index is 0.00550. The van der Waals surface area contributed by atoms with E-state index in [1.165, 1.54) is 25.3 Å². The molecular formula is C19H27N3O6. The third-order valence-corrected chi connectivity index (χ3v) is 5.53. The number of nitrogens with one attached hydrogen (secondary N) is 1. The van der Waals surface area contributed by atoms with Gasteiger partial charge in [0.05, 0.1) is 17.6 Å². The largest absolute Gasteiger partial charge is 0.508 e. The van der Waals surface area contributed by atoms with Gasteiger partial charge in [-0.2, -0.15) is 0 Å². The Labute approximate surface area is 163 Å². The molecule has 28 heavy (non-hydrogen) atoms. The number of amides is 1. The number of hydrogen-bond donors (Lipinski definition) is 2. The second-order valence-electron chi connectivity index (χ2n) is 7.49. The third kappa shape index (κ3) is 4.60. The lowest BCUT2D eigenvalue weighted by Crippen LogP contribution is -2.64. The number of carbonyl (C=O) groups is 1. The second kappa shape index (κ2) is 8.85. The lowest BCUT2D eigenvalue weighted by Gasteiger charge is -2.49. The number of nitro groups is 1. The molecule has 1 aliphatic heterocycles. The van der Waals surface area contributed by atoms with Crippen LogP contribution in [-0.4, -0.2) is 65.9 Å². The molecule has 2 aliphatic rings. The second-order valence-corrected chi connectivity index (χ2v) is 7.49. The first kappa shape index (κ1) is 20.5. The molecule has 1 aromatic rings. The highest BCUT2D eigenvalue weighted by Crippen LogP contribution is 2.36. The SMILES string of the molecule is COCC(=O)N[C@H]1CCCC[C@@]12CN(Cc1cc(O)ccc1[N+](=O)[O-])CCO2. The van der Waals surface area contributed by atoms with Crippen LogP contribution >= 0.6 is 0 Å². The molecule has 2 atom stereocenters. The van der Waals surface area contributed by atoms with E-state index in [4.69, 9.17) is 9.47 Å². The third-order valence-electron chi connectivity index (χ3n) is 5.53. The molecule has 2 N–H and O–H groups in total. The molecule has 9 heteroatoms. The summed E-state index contributed by atoms with van der Waals surface area (Å²) in [7, 11) is 1.48. The molecule has 1 heterocycles. The summed E-state index contributed by atoms with van der Waals surface area (Å²) in [5.74, 6) is -0.163. The molecule has 1 amide bonds. The van der Waals surface area contributed by atoms with Gasteiger partial charge in [0.1, 0.15) is 18.0 Å². The van der Waals surface area contributed by atoms with Crippen LogP contribution in [0.2, 0.25) is 0 Å². The van der Waals surface area contributed by atoms with Crippen LogP contribution in [0.3, 0.4) is 0 Å². The van der Waals surface area contributed by atoms with Gasteiger partial charge in [-0.25, -0.2) is 0 Å². The molecule has 154 valence electrons. The maximum atomic E-state index is 12.1. The van der Waals surface area contributed by atoms with Gasteiger partial charge in [-0.1, -0.05) is 12.8 Å². The number of nitrogens with zero attached hydrogens (tertiary/aromatic N) is 2. The van der Waals surface area contributed by atoms with E-state index in [9.17, 15) is 20.0 Å². The molecule has 0 unspecified atom stereocenters. The molecule has 0 aromatic heterocycles. The number of methoxy groups -OCH3 is 1. The average Bonchev–Trinajstić information content (AvgIpc) is 2.64. The van der Waals surface area contributed by atoms with Crippen molar-refractivity contribution in [3.05, 3.63) is 33.9 Å². The van der Waals surface area contributed by atoms with E-state index < -0.39 is 10.5 Å². The number of morpholine rings is 1. The number of nitro benzene ring substituents is 1. The van der Waals surface area contributed by atoms with Gasteiger partial charge < -0.3 is 19.9 Å². The van der Waals surface area contributed by atoms with E-state index in [2.05, 4.69) is 10.2 Å². The number of hydrogen-bond acceptors (Lipinski definition) is 7. The van der Waals surface area contributed by atoms with Crippen LogP contribution in [0.25, 0.3) is 0 Å². The van der Waals surface area contributed by atoms with E-state index in [0.29, 0.717) is 31.8 Å². The summed E-state index contributed by atoms with van der Waals surface area (Å²) < 4.78 is 11.1. The van der Waals surface area contributed by atoms with E-state index in [0.717, 1.165) is 25.7 Å². The van der Waals surface area contributed by atoms with Gasteiger partial charge in [0.25, 0.3) is 5.69 Å². The fraction of sp³-hybridized carbons (Fsp3) is 0.632. The molecule has 3 rings (SSSR count). The summed E-state index contributed by atoms with van der Waals surface area (Å²) in [4.78, 5) is 25.1. The van der Waals surface area contributed by atoms with Gasteiger partial charge >= 0.3 is 0 Å². The van der Waals surface area contributed by atoms with Gasteiger partial charge in [0.15, 0.2) is 0 Å². The van der Waals surface area contributed by atoms with Gasteiger partial charge in [-0.15, -0.1) is 0 Å². The lowest BCUT2D eigenvalue weighted by molar-refractivity contribution is -0.385. The first-order chi connectivity index (χ1) is 13.4. The van der Waals surface area contributed by atoms with Crippen molar-refractivity contribution in [1.82, 2.24) is 10.2 Å². The van der Waals surface area contributed by atoms with Crippen molar-refractivity contribution in [3.63, 3.8) is 0 Å². The first-order valence-electron chi connectivity index (χ1n) is 9.54. The Kier molecular flexibility index (Phi) is 6.48. The van der Waals surface area contributed by atoms with Gasteiger partial charge in [0, 0.05) is 38.4 Å². The van der Waals surface area contributed by atoms with Crippen molar-refractivity contribution < 1.29 is 24.3 Å². The predicted molar refractivity (Wildman–Crippen MR) is 101 cm³/mol.